The maximum atomic E-state index is 13.3. The zero-order valence-corrected chi connectivity index (χ0v) is 18.4. The minimum atomic E-state index is -0.253. The lowest BCUT2D eigenvalue weighted by Crippen LogP contribution is -2.62. The highest BCUT2D eigenvalue weighted by atomic mass is 16.5. The van der Waals surface area contributed by atoms with E-state index in [2.05, 4.69) is 10.1 Å². The van der Waals surface area contributed by atoms with E-state index in [0.29, 0.717) is 30.6 Å². The maximum Gasteiger partial charge on any atom is 0.327 e. The molecule has 0 N–H and O–H groups in total. The summed E-state index contributed by atoms with van der Waals surface area (Å²) >= 11 is 0. The third-order valence-electron chi connectivity index (χ3n) is 5.94. The molecule has 166 valence electrons. The number of nitrogens with zero attached hydrogens (tertiary/aromatic N) is 4. The number of carbonyl (C=O) groups is 2. The molecule has 2 aliphatic rings. The summed E-state index contributed by atoms with van der Waals surface area (Å²) in [5.74, 6) is 1.51. The predicted molar refractivity (Wildman–Crippen MR) is 114 cm³/mol. The number of hydrogen-bond acceptors (Lipinski definition) is 6. The van der Waals surface area contributed by atoms with Gasteiger partial charge in [-0.3, -0.25) is 9.69 Å². The number of aromatic nitrogens is 2. The van der Waals surface area contributed by atoms with Gasteiger partial charge in [0.25, 0.3) is 0 Å². The van der Waals surface area contributed by atoms with Gasteiger partial charge in [-0.1, -0.05) is 44.0 Å². The van der Waals surface area contributed by atoms with Gasteiger partial charge in [-0.15, -0.1) is 0 Å². The molecule has 1 saturated heterocycles. The number of rotatable bonds is 7. The van der Waals surface area contributed by atoms with E-state index in [1.54, 1.807) is 4.90 Å². The van der Waals surface area contributed by atoms with Gasteiger partial charge in [0.2, 0.25) is 17.6 Å². The van der Waals surface area contributed by atoms with Crippen LogP contribution in [0.5, 0.6) is 5.75 Å². The fourth-order valence-corrected chi connectivity index (χ4v) is 4.59. The lowest BCUT2D eigenvalue weighted by molar-refractivity contribution is -0.141. The van der Waals surface area contributed by atoms with E-state index in [9.17, 15) is 9.59 Å². The second kappa shape index (κ2) is 9.08. The molecule has 1 aromatic heterocycles. The molecule has 2 atom stereocenters. The molecule has 4 rings (SSSR count). The fourth-order valence-electron chi connectivity index (χ4n) is 4.59. The summed E-state index contributed by atoms with van der Waals surface area (Å²) in [7, 11) is 0. The van der Waals surface area contributed by atoms with E-state index in [0.717, 1.165) is 31.2 Å². The van der Waals surface area contributed by atoms with E-state index >= 15 is 0 Å². The van der Waals surface area contributed by atoms with Crippen LogP contribution in [0.2, 0.25) is 0 Å². The smallest absolute Gasteiger partial charge is 0.327 e. The van der Waals surface area contributed by atoms with Crippen LogP contribution in [-0.2, 0) is 11.3 Å². The van der Waals surface area contributed by atoms with Crippen molar-refractivity contribution in [2.24, 2.45) is 11.8 Å². The Morgan fingerprint density at radius 1 is 1.19 bits per heavy atom. The zero-order chi connectivity index (χ0) is 22.0. The van der Waals surface area contributed by atoms with Crippen LogP contribution < -0.4 is 4.74 Å². The first-order valence-corrected chi connectivity index (χ1v) is 11.2. The van der Waals surface area contributed by atoms with E-state index in [1.807, 2.05) is 45.0 Å². The van der Waals surface area contributed by atoms with Crippen molar-refractivity contribution in [3.05, 3.63) is 30.2 Å². The number of para-hydroxylation sites is 1. The van der Waals surface area contributed by atoms with Crippen molar-refractivity contribution in [1.82, 2.24) is 19.9 Å². The molecule has 0 radical (unpaired) electrons. The number of carbonyl (C=O) groups excluding carboxylic acids is 2. The van der Waals surface area contributed by atoms with Crippen LogP contribution in [0.1, 0.15) is 52.3 Å². The Labute approximate surface area is 182 Å². The minimum absolute atomic E-state index is 0.0310. The molecule has 1 saturated carbocycles. The first kappa shape index (κ1) is 21.3. The van der Waals surface area contributed by atoms with Gasteiger partial charge in [-0.05, 0) is 37.8 Å². The van der Waals surface area contributed by atoms with Gasteiger partial charge in [-0.2, -0.15) is 4.98 Å². The van der Waals surface area contributed by atoms with Crippen LogP contribution >= 0.6 is 0 Å². The Kier molecular flexibility index (Phi) is 6.25. The predicted octanol–water partition coefficient (Wildman–Crippen LogP) is 4.11. The minimum Gasteiger partial charge on any atom is -0.493 e. The fraction of sp³-hybridized carbons (Fsp3) is 0.565. The molecule has 1 aliphatic carbocycles. The Morgan fingerprint density at radius 2 is 1.97 bits per heavy atom. The Hall–Kier alpha value is -2.90. The summed E-state index contributed by atoms with van der Waals surface area (Å²) in [5, 5.41) is 4.12. The highest BCUT2D eigenvalue weighted by Crippen LogP contribution is 2.36. The number of hydrogen-bond donors (Lipinski definition) is 0. The number of ether oxygens (including phenoxy) is 1. The number of imide groups is 1. The molecule has 8 heteroatoms. The van der Waals surface area contributed by atoms with Crippen molar-refractivity contribution < 1.29 is 18.8 Å². The number of fused-ring (bicyclic) bond motifs is 1. The molecule has 8 nitrogen and oxygen atoms in total. The van der Waals surface area contributed by atoms with Gasteiger partial charge in [0.1, 0.15) is 12.3 Å². The Bertz CT molecular complexity index is 941. The largest absolute Gasteiger partial charge is 0.493 e. The molecule has 1 aromatic carbocycles. The van der Waals surface area contributed by atoms with E-state index < -0.39 is 0 Å². The molecular formula is C23H30N4O4. The highest BCUT2D eigenvalue weighted by Gasteiger charge is 2.47. The third kappa shape index (κ3) is 4.29. The molecule has 2 fully saturated rings. The van der Waals surface area contributed by atoms with Crippen LogP contribution in [0, 0.1) is 11.8 Å². The van der Waals surface area contributed by atoms with Crippen molar-refractivity contribution in [1.29, 1.82) is 0 Å². The summed E-state index contributed by atoms with van der Waals surface area (Å²) in [6.45, 7) is 7.10. The molecule has 2 heterocycles. The zero-order valence-electron chi connectivity index (χ0n) is 18.4. The van der Waals surface area contributed by atoms with Crippen molar-refractivity contribution in [3.63, 3.8) is 0 Å². The summed E-state index contributed by atoms with van der Waals surface area (Å²) in [5.41, 5.74) is 0.747. The second-order valence-corrected chi connectivity index (χ2v) is 8.65. The topological polar surface area (TPSA) is 88.8 Å². The monoisotopic (exact) mass is 426 g/mol. The lowest BCUT2D eigenvalue weighted by Gasteiger charge is -2.46. The standard InChI is InChI=1S/C23H30N4O4/c1-4-30-19-12-8-6-10-17(19)21-24-20(31-25-21)14-26-18-11-7-5-9-16(18)22(28)27(23(26)29)13-15(2)3/h6,8,10,12,15-16,18H,4-5,7,9,11,13-14H2,1-3H3. The second-order valence-electron chi connectivity index (χ2n) is 8.65. The van der Waals surface area contributed by atoms with Crippen molar-refractivity contribution in [3.8, 4) is 17.1 Å². The number of urea groups is 1. The molecule has 2 unspecified atom stereocenters. The first-order chi connectivity index (χ1) is 15.0. The van der Waals surface area contributed by atoms with Crippen LogP contribution in [0.3, 0.4) is 0 Å². The van der Waals surface area contributed by atoms with Gasteiger partial charge >= 0.3 is 6.03 Å². The number of benzene rings is 1. The van der Waals surface area contributed by atoms with Gasteiger partial charge in [0.15, 0.2) is 0 Å². The SMILES string of the molecule is CCOc1ccccc1-c1noc(CN2C(=O)N(CC(C)C)C(=O)C3CCCCC32)n1. The van der Waals surface area contributed by atoms with Crippen LogP contribution in [0.15, 0.2) is 28.8 Å². The van der Waals surface area contributed by atoms with Crippen LogP contribution in [0.4, 0.5) is 4.79 Å². The number of amides is 3. The average molecular weight is 427 g/mol. The lowest BCUT2D eigenvalue weighted by atomic mass is 9.81. The molecule has 31 heavy (non-hydrogen) atoms. The Balaban J connectivity index is 1.59. The van der Waals surface area contributed by atoms with Crippen LogP contribution in [-0.4, -0.2) is 51.1 Å². The highest BCUT2D eigenvalue weighted by molar-refractivity contribution is 5.98. The summed E-state index contributed by atoms with van der Waals surface area (Å²) in [6.07, 6.45) is 3.67. The molecule has 0 spiro atoms. The summed E-state index contributed by atoms with van der Waals surface area (Å²) in [4.78, 5) is 34.0. The third-order valence-corrected chi connectivity index (χ3v) is 5.94. The van der Waals surface area contributed by atoms with Gasteiger partial charge in [-0.25, -0.2) is 4.79 Å². The summed E-state index contributed by atoms with van der Waals surface area (Å²) in [6, 6.07) is 7.17. The van der Waals surface area contributed by atoms with Crippen molar-refractivity contribution >= 4 is 11.9 Å². The Morgan fingerprint density at radius 3 is 2.74 bits per heavy atom. The molecule has 2 aromatic rings. The first-order valence-electron chi connectivity index (χ1n) is 11.2. The van der Waals surface area contributed by atoms with Gasteiger partial charge in [0.05, 0.1) is 18.1 Å². The van der Waals surface area contributed by atoms with E-state index in [1.165, 1.54) is 4.90 Å². The molecule has 1 aliphatic heterocycles. The summed E-state index contributed by atoms with van der Waals surface area (Å²) < 4.78 is 11.2. The average Bonchev–Trinajstić information content (AvgIpc) is 3.23. The van der Waals surface area contributed by atoms with Gasteiger partial charge < -0.3 is 14.2 Å². The quantitative estimate of drug-likeness (QED) is 0.662. The van der Waals surface area contributed by atoms with Crippen molar-refractivity contribution in [2.45, 2.75) is 59.0 Å². The maximum absolute atomic E-state index is 13.3. The van der Waals surface area contributed by atoms with E-state index in [4.69, 9.17) is 9.26 Å². The molecular weight excluding hydrogens is 396 g/mol. The van der Waals surface area contributed by atoms with Crippen molar-refractivity contribution in [2.75, 3.05) is 13.2 Å². The van der Waals surface area contributed by atoms with E-state index in [-0.39, 0.29) is 36.4 Å². The van der Waals surface area contributed by atoms with Crippen LogP contribution in [0.25, 0.3) is 11.4 Å². The molecule has 0 bridgehead atoms. The molecule has 3 amide bonds. The normalized spacial score (nSPS) is 21.5. The van der Waals surface area contributed by atoms with Gasteiger partial charge in [0, 0.05) is 12.6 Å².